The first-order valence-electron chi connectivity index (χ1n) is 9.76. The molecule has 0 atom stereocenters. The molecule has 1 saturated heterocycles. The molecule has 29 heavy (non-hydrogen) atoms. The number of benzene rings is 2. The zero-order chi connectivity index (χ0) is 20.2. The van der Waals surface area contributed by atoms with E-state index in [9.17, 15) is 4.79 Å². The summed E-state index contributed by atoms with van der Waals surface area (Å²) in [5.41, 5.74) is 2.64. The SMILES string of the molecule is O=C(Nc1ccc(CN2CCCCC2)cc1)c1ccc(-c2cc(Cl)ccc2Cl)o1. The van der Waals surface area contributed by atoms with Gasteiger partial charge in [0.15, 0.2) is 5.76 Å². The smallest absolute Gasteiger partial charge is 0.291 e. The van der Waals surface area contributed by atoms with Crippen LogP contribution in [0.1, 0.15) is 35.4 Å². The molecule has 1 N–H and O–H groups in total. The highest BCUT2D eigenvalue weighted by Crippen LogP contribution is 2.32. The van der Waals surface area contributed by atoms with Gasteiger partial charge in [-0.3, -0.25) is 9.69 Å². The summed E-state index contributed by atoms with van der Waals surface area (Å²) in [6, 6.07) is 16.4. The number of amides is 1. The topological polar surface area (TPSA) is 45.5 Å². The number of carbonyl (C=O) groups is 1. The molecule has 2 heterocycles. The lowest BCUT2D eigenvalue weighted by atomic mass is 10.1. The molecule has 0 saturated carbocycles. The number of nitrogens with one attached hydrogen (secondary N) is 1. The number of hydrogen-bond donors (Lipinski definition) is 1. The Morgan fingerprint density at radius 2 is 1.72 bits per heavy atom. The van der Waals surface area contributed by atoms with Crippen LogP contribution in [0.25, 0.3) is 11.3 Å². The standard InChI is InChI=1S/C23H22Cl2N2O2/c24-17-6-9-20(25)19(14-17)21-10-11-22(29-21)23(28)26-18-7-4-16(5-8-18)15-27-12-2-1-3-13-27/h4-11,14H,1-3,12-13,15H2,(H,26,28). The van der Waals surface area contributed by atoms with E-state index in [1.165, 1.54) is 24.8 Å². The Bertz CT molecular complexity index is 992. The van der Waals surface area contributed by atoms with Crippen LogP contribution in [0.3, 0.4) is 0 Å². The lowest BCUT2D eigenvalue weighted by Gasteiger charge is -2.26. The van der Waals surface area contributed by atoms with Gasteiger partial charge >= 0.3 is 0 Å². The van der Waals surface area contributed by atoms with Crippen LogP contribution < -0.4 is 5.32 Å². The monoisotopic (exact) mass is 428 g/mol. The molecule has 0 aliphatic carbocycles. The van der Waals surface area contributed by atoms with Crippen molar-refractivity contribution in [3.8, 4) is 11.3 Å². The zero-order valence-electron chi connectivity index (χ0n) is 16.0. The van der Waals surface area contributed by atoms with Gasteiger partial charge in [-0.15, -0.1) is 0 Å². The van der Waals surface area contributed by atoms with E-state index >= 15 is 0 Å². The van der Waals surface area contributed by atoms with Crippen LogP contribution in [0.15, 0.2) is 59.0 Å². The van der Waals surface area contributed by atoms with Gasteiger partial charge in [0.2, 0.25) is 0 Å². The molecular formula is C23H22Cl2N2O2. The molecule has 4 nitrogen and oxygen atoms in total. The molecule has 0 radical (unpaired) electrons. The maximum atomic E-state index is 12.5. The molecule has 1 aliphatic heterocycles. The largest absolute Gasteiger partial charge is 0.451 e. The van der Waals surface area contributed by atoms with Crippen LogP contribution in [-0.2, 0) is 6.54 Å². The minimum atomic E-state index is -0.307. The predicted molar refractivity (Wildman–Crippen MR) is 118 cm³/mol. The van der Waals surface area contributed by atoms with Gasteiger partial charge < -0.3 is 9.73 Å². The Labute approximate surface area is 180 Å². The first kappa shape index (κ1) is 20.0. The molecule has 1 aromatic heterocycles. The molecule has 2 aromatic carbocycles. The minimum absolute atomic E-state index is 0.216. The summed E-state index contributed by atoms with van der Waals surface area (Å²) in [6.45, 7) is 3.28. The Hall–Kier alpha value is -2.27. The fourth-order valence-corrected chi connectivity index (χ4v) is 3.94. The third-order valence-electron chi connectivity index (χ3n) is 5.09. The van der Waals surface area contributed by atoms with Gasteiger partial charge in [-0.25, -0.2) is 0 Å². The van der Waals surface area contributed by atoms with Crippen molar-refractivity contribution in [1.29, 1.82) is 0 Å². The van der Waals surface area contributed by atoms with Crippen LogP contribution >= 0.6 is 23.2 Å². The quantitative estimate of drug-likeness (QED) is 0.504. The van der Waals surface area contributed by atoms with Gasteiger partial charge in [0.25, 0.3) is 5.91 Å². The summed E-state index contributed by atoms with van der Waals surface area (Å²) >= 11 is 12.2. The van der Waals surface area contributed by atoms with Crippen molar-refractivity contribution in [2.45, 2.75) is 25.8 Å². The Balaban J connectivity index is 1.40. The molecule has 0 spiro atoms. The molecule has 0 unspecified atom stereocenters. The van der Waals surface area contributed by atoms with Crippen molar-refractivity contribution in [2.24, 2.45) is 0 Å². The average Bonchev–Trinajstić information content (AvgIpc) is 3.22. The van der Waals surface area contributed by atoms with E-state index in [1.807, 2.05) is 12.1 Å². The van der Waals surface area contributed by atoms with E-state index in [0.29, 0.717) is 21.4 Å². The van der Waals surface area contributed by atoms with Crippen molar-refractivity contribution in [1.82, 2.24) is 4.90 Å². The highest BCUT2D eigenvalue weighted by Gasteiger charge is 2.15. The second-order valence-electron chi connectivity index (χ2n) is 7.28. The molecule has 3 aromatic rings. The Kier molecular flexibility index (Phi) is 6.24. The van der Waals surface area contributed by atoms with Gasteiger partial charge in [0.05, 0.1) is 5.02 Å². The number of anilines is 1. The van der Waals surface area contributed by atoms with E-state index < -0.39 is 0 Å². The number of furan rings is 1. The van der Waals surface area contributed by atoms with Crippen molar-refractivity contribution in [2.75, 3.05) is 18.4 Å². The molecule has 4 rings (SSSR count). The second-order valence-corrected chi connectivity index (χ2v) is 8.12. The van der Waals surface area contributed by atoms with Crippen molar-refractivity contribution in [3.63, 3.8) is 0 Å². The van der Waals surface area contributed by atoms with E-state index in [0.717, 1.165) is 25.3 Å². The third-order valence-corrected chi connectivity index (χ3v) is 5.66. The molecule has 1 fully saturated rings. The van der Waals surface area contributed by atoms with Crippen molar-refractivity contribution in [3.05, 3.63) is 76.0 Å². The minimum Gasteiger partial charge on any atom is -0.451 e. The summed E-state index contributed by atoms with van der Waals surface area (Å²) in [5, 5.41) is 3.94. The first-order chi connectivity index (χ1) is 14.1. The number of rotatable bonds is 5. The fraction of sp³-hybridized carbons (Fsp3) is 0.261. The normalized spacial score (nSPS) is 14.7. The maximum Gasteiger partial charge on any atom is 0.291 e. The molecule has 1 aliphatic rings. The van der Waals surface area contributed by atoms with E-state index in [4.69, 9.17) is 27.6 Å². The molecule has 6 heteroatoms. The van der Waals surface area contributed by atoms with Crippen molar-refractivity contribution < 1.29 is 9.21 Å². The number of likely N-dealkylation sites (tertiary alicyclic amines) is 1. The van der Waals surface area contributed by atoms with Gasteiger partial charge in [-0.1, -0.05) is 41.8 Å². The van der Waals surface area contributed by atoms with Crippen LogP contribution in [-0.4, -0.2) is 23.9 Å². The van der Waals surface area contributed by atoms with Gasteiger partial charge in [0.1, 0.15) is 5.76 Å². The zero-order valence-corrected chi connectivity index (χ0v) is 17.5. The van der Waals surface area contributed by atoms with Crippen LogP contribution in [0.2, 0.25) is 10.0 Å². The maximum absolute atomic E-state index is 12.5. The summed E-state index contributed by atoms with van der Waals surface area (Å²) in [6.07, 6.45) is 3.89. The number of halogens is 2. The van der Waals surface area contributed by atoms with E-state index in [2.05, 4.69) is 22.3 Å². The lowest BCUT2D eigenvalue weighted by Crippen LogP contribution is -2.29. The number of hydrogen-bond acceptors (Lipinski definition) is 3. The summed E-state index contributed by atoms with van der Waals surface area (Å²) in [4.78, 5) is 15.0. The number of carbonyl (C=O) groups excluding carboxylic acids is 1. The Morgan fingerprint density at radius 1 is 0.966 bits per heavy atom. The van der Waals surface area contributed by atoms with Crippen LogP contribution in [0, 0.1) is 0 Å². The first-order valence-corrected chi connectivity index (χ1v) is 10.5. The molecular weight excluding hydrogens is 407 g/mol. The number of piperidine rings is 1. The molecule has 1 amide bonds. The van der Waals surface area contributed by atoms with Gasteiger partial charge in [-0.05, 0) is 74.0 Å². The highest BCUT2D eigenvalue weighted by molar-refractivity contribution is 6.35. The van der Waals surface area contributed by atoms with Crippen LogP contribution in [0.4, 0.5) is 5.69 Å². The van der Waals surface area contributed by atoms with Crippen molar-refractivity contribution >= 4 is 34.8 Å². The third kappa shape index (κ3) is 5.02. The van der Waals surface area contributed by atoms with E-state index in [1.54, 1.807) is 30.3 Å². The van der Waals surface area contributed by atoms with Crippen LogP contribution in [0.5, 0.6) is 0 Å². The second kappa shape index (κ2) is 9.04. The lowest BCUT2D eigenvalue weighted by molar-refractivity contribution is 0.0997. The average molecular weight is 429 g/mol. The molecule has 0 bridgehead atoms. The Morgan fingerprint density at radius 3 is 2.48 bits per heavy atom. The van der Waals surface area contributed by atoms with Gasteiger partial charge in [0, 0.05) is 22.8 Å². The molecule has 150 valence electrons. The fourth-order valence-electron chi connectivity index (χ4n) is 3.55. The van der Waals surface area contributed by atoms with E-state index in [-0.39, 0.29) is 11.7 Å². The summed E-state index contributed by atoms with van der Waals surface area (Å²) in [7, 11) is 0. The summed E-state index contributed by atoms with van der Waals surface area (Å²) < 4.78 is 5.70. The highest BCUT2D eigenvalue weighted by atomic mass is 35.5. The summed E-state index contributed by atoms with van der Waals surface area (Å²) in [5.74, 6) is 0.408. The van der Waals surface area contributed by atoms with Gasteiger partial charge in [-0.2, -0.15) is 0 Å². The predicted octanol–water partition coefficient (Wildman–Crippen LogP) is 6.49. The number of nitrogens with zero attached hydrogens (tertiary/aromatic N) is 1.